The summed E-state index contributed by atoms with van der Waals surface area (Å²) >= 11 is 7.92. The summed E-state index contributed by atoms with van der Waals surface area (Å²) in [5.41, 5.74) is -1.68. The van der Waals surface area contributed by atoms with Gasteiger partial charge in [0.15, 0.2) is 11.3 Å². The van der Waals surface area contributed by atoms with E-state index >= 15 is 0 Å². The zero-order valence-electron chi connectivity index (χ0n) is 49.8. The van der Waals surface area contributed by atoms with Crippen molar-refractivity contribution in [2.45, 2.75) is 73.5 Å². The van der Waals surface area contributed by atoms with Gasteiger partial charge in [-0.25, -0.2) is 4.98 Å². The van der Waals surface area contributed by atoms with Crippen LogP contribution < -0.4 is 20.7 Å². The van der Waals surface area contributed by atoms with Crippen molar-refractivity contribution in [1.82, 2.24) is 9.38 Å². The molecule has 2 aromatic heterocycles. The Labute approximate surface area is 554 Å². The maximum Gasteiger partial charge on any atom is 0.296 e. The van der Waals surface area contributed by atoms with E-state index in [4.69, 9.17) is 16.3 Å². The molecule has 2 heterocycles. The minimum absolute atomic E-state index is 0.00999. The Bertz CT molecular complexity index is 5050. The van der Waals surface area contributed by atoms with Crippen molar-refractivity contribution in [2.75, 3.05) is 51.3 Å². The predicted octanol–water partition coefficient (Wildman–Crippen LogP) is 11.8. The molecular formula is C53H53ClN14O20S7. The predicted molar refractivity (Wildman–Crippen MR) is 349 cm³/mol. The van der Waals surface area contributed by atoms with E-state index in [2.05, 4.69) is 61.8 Å². The molecule has 0 aliphatic rings. The first-order chi connectivity index (χ1) is 44.3. The molecular weight excluding hydrogens is 1410 g/mol. The van der Waals surface area contributed by atoms with Gasteiger partial charge in [0.2, 0.25) is 23.6 Å². The third-order valence-electron chi connectivity index (χ3n) is 12.6. The van der Waals surface area contributed by atoms with E-state index < -0.39 is 108 Å². The number of anilines is 3. The number of nitrogens with zero attached hydrogens (tertiary/aromatic N) is 11. The van der Waals surface area contributed by atoms with E-state index in [-0.39, 0.29) is 147 Å². The summed E-state index contributed by atoms with van der Waals surface area (Å²) in [5.74, 6) is -4.98. The fourth-order valence-corrected chi connectivity index (χ4v) is 14.0. The second kappa shape index (κ2) is 30.5. The minimum atomic E-state index is -4.82. The Morgan fingerprint density at radius 2 is 1.03 bits per heavy atom. The molecule has 0 radical (unpaired) electrons. The number of nitrogens with one attached hydrogen (secondary N) is 3. The smallest absolute Gasteiger partial charge is 0.296 e. The Morgan fingerprint density at radius 3 is 1.51 bits per heavy atom. The van der Waals surface area contributed by atoms with E-state index in [1.54, 1.807) is 0 Å². The number of azo groups is 4. The van der Waals surface area contributed by atoms with E-state index in [9.17, 15) is 89.6 Å². The molecule has 0 spiro atoms. The monoisotopic (exact) mass is 1460 g/mol. The maximum atomic E-state index is 12.9. The van der Waals surface area contributed by atoms with Crippen molar-refractivity contribution in [3.8, 4) is 17.7 Å². The fourth-order valence-electron chi connectivity index (χ4n) is 8.56. The summed E-state index contributed by atoms with van der Waals surface area (Å²) in [7, 11) is -22.9. The summed E-state index contributed by atoms with van der Waals surface area (Å²) in [6.45, 7) is 5.76. The van der Waals surface area contributed by atoms with Crippen LogP contribution in [0.1, 0.15) is 56.7 Å². The average molecular weight is 1470 g/mol. The molecule has 5 aromatic carbocycles. The van der Waals surface area contributed by atoms with Crippen LogP contribution in [-0.4, -0.2) is 132 Å². The molecule has 0 aliphatic heterocycles. The molecule has 9 N–H and O–H groups in total. The SMILES string of the molecule is CC(=O)Nc1cc(N=Nc2cc(SCCCS(=O)(=O)O)c(N=Nc3cc(OCCCS(=O)(=O)O)c(N=Nc4c(C)c(C#N)c5nc6c(C)c(S(=O)(=O)O)ccc6n5c4O)cc3NC(C)=O)cc2NC(C)=O)c(SCCCS(=O)(=O)O)cc1N=Nc1ccc(Cl)c(S(=O)(=O)O)c1. The second-order valence-corrected chi connectivity index (χ2v) is 30.2. The van der Waals surface area contributed by atoms with E-state index in [0.717, 1.165) is 66.9 Å². The summed E-state index contributed by atoms with van der Waals surface area (Å²) in [6.07, 6.45) is -0.545. The number of nitriles is 1. The van der Waals surface area contributed by atoms with Gasteiger partial charge in [0.1, 0.15) is 56.4 Å². The molecule has 3 amide bonds. The highest BCUT2D eigenvalue weighted by Crippen LogP contribution is 2.47. The molecule has 0 atom stereocenters. The normalized spacial score (nSPS) is 12.6. The van der Waals surface area contributed by atoms with Crippen molar-refractivity contribution >= 4 is 183 Å². The van der Waals surface area contributed by atoms with Gasteiger partial charge in [0.05, 0.1) is 67.6 Å². The Balaban J connectivity index is 1.38. The number of aromatic nitrogens is 2. The van der Waals surface area contributed by atoms with Gasteiger partial charge in [-0.3, -0.25) is 41.5 Å². The van der Waals surface area contributed by atoms with Crippen LogP contribution in [0.25, 0.3) is 16.7 Å². The fraction of sp³-hybridized carbons (Fsp3) is 0.264. The second-order valence-electron chi connectivity index (χ2n) is 20.0. The topological polar surface area (TPSA) is 529 Å². The lowest BCUT2D eigenvalue weighted by atomic mass is 10.1. The molecule has 0 saturated carbocycles. The number of aromatic hydroxyl groups is 1. The number of fused-ring (bicyclic) bond motifs is 3. The van der Waals surface area contributed by atoms with Gasteiger partial charge in [-0.05, 0) is 111 Å². The number of amides is 3. The van der Waals surface area contributed by atoms with Crippen molar-refractivity contribution < 1.29 is 89.1 Å². The third-order valence-corrected chi connectivity index (χ3v) is 19.6. The van der Waals surface area contributed by atoms with Gasteiger partial charge in [-0.2, -0.15) is 52.5 Å². The highest BCUT2D eigenvalue weighted by atomic mass is 35.5. The van der Waals surface area contributed by atoms with Crippen LogP contribution in [0.3, 0.4) is 0 Å². The van der Waals surface area contributed by atoms with Crippen molar-refractivity contribution in [3.63, 3.8) is 0 Å². The van der Waals surface area contributed by atoms with Gasteiger partial charge in [0.25, 0.3) is 50.6 Å². The number of rotatable bonds is 28. The van der Waals surface area contributed by atoms with Crippen LogP contribution in [-0.2, 0) is 65.0 Å². The maximum absolute atomic E-state index is 12.9. The summed E-state index contributed by atoms with van der Waals surface area (Å²) < 4.78 is 174. The summed E-state index contributed by atoms with van der Waals surface area (Å²) in [5, 5.41) is 64.0. The van der Waals surface area contributed by atoms with Crippen molar-refractivity contribution in [3.05, 3.63) is 88.4 Å². The number of carbonyl (C=O) groups is 3. The summed E-state index contributed by atoms with van der Waals surface area (Å²) in [4.78, 5) is 41.9. The van der Waals surface area contributed by atoms with Gasteiger partial charge in [-0.15, -0.1) is 59.3 Å². The lowest BCUT2D eigenvalue weighted by molar-refractivity contribution is -0.115. The molecule has 42 heteroatoms. The van der Waals surface area contributed by atoms with E-state index in [1.165, 1.54) is 62.4 Å². The van der Waals surface area contributed by atoms with Crippen LogP contribution in [0, 0.1) is 25.2 Å². The number of halogens is 1. The summed E-state index contributed by atoms with van der Waals surface area (Å²) in [6, 6.07) is 15.3. The Hall–Kier alpha value is -8.51. The largest absolute Gasteiger partial charge is 0.493 e. The number of hydrogen-bond acceptors (Lipinski definition) is 27. The van der Waals surface area contributed by atoms with Gasteiger partial charge in [-0.1, -0.05) is 11.6 Å². The average Bonchev–Trinajstić information content (AvgIpc) is 1.59. The van der Waals surface area contributed by atoms with Crippen LogP contribution in [0.2, 0.25) is 5.02 Å². The highest BCUT2D eigenvalue weighted by Gasteiger charge is 2.26. The van der Waals surface area contributed by atoms with Crippen LogP contribution in [0.15, 0.2) is 127 Å². The Morgan fingerprint density at radius 1 is 0.579 bits per heavy atom. The zero-order valence-corrected chi connectivity index (χ0v) is 56.2. The number of hydrogen-bond donors (Lipinski definition) is 9. The van der Waals surface area contributed by atoms with Crippen molar-refractivity contribution in [2.24, 2.45) is 40.9 Å². The number of aryl methyl sites for hydroxylation is 1. The molecule has 0 saturated heterocycles. The molecule has 0 aliphatic carbocycles. The van der Waals surface area contributed by atoms with Crippen LogP contribution >= 0.6 is 35.1 Å². The quantitative estimate of drug-likeness (QED) is 0.00952. The number of pyridine rings is 1. The number of imidazole rings is 1. The number of ether oxygens (including phenoxy) is 1. The first kappa shape index (κ1) is 73.9. The minimum Gasteiger partial charge on any atom is -0.493 e. The highest BCUT2D eigenvalue weighted by molar-refractivity contribution is 7.99. The van der Waals surface area contributed by atoms with E-state index in [1.807, 2.05) is 6.07 Å². The lowest BCUT2D eigenvalue weighted by Crippen LogP contribution is -2.09. The zero-order chi connectivity index (χ0) is 70.1. The van der Waals surface area contributed by atoms with Crippen LogP contribution in [0.4, 0.5) is 62.6 Å². The van der Waals surface area contributed by atoms with E-state index in [0.29, 0.717) is 0 Å². The molecule has 0 unspecified atom stereocenters. The molecule has 34 nitrogen and oxygen atoms in total. The molecule has 504 valence electrons. The lowest BCUT2D eigenvalue weighted by Gasteiger charge is -2.14. The molecule has 0 bridgehead atoms. The number of carbonyl (C=O) groups excluding carboxylic acids is 3. The van der Waals surface area contributed by atoms with Crippen LogP contribution in [0.5, 0.6) is 11.6 Å². The molecule has 0 fully saturated rings. The first-order valence-electron chi connectivity index (χ1n) is 26.9. The molecule has 7 rings (SSSR count). The third kappa shape index (κ3) is 20.3. The first-order valence-corrected chi connectivity index (χ1v) is 37.0. The molecule has 7 aromatic rings. The standard InChI is InChI=1S/C53H53ClN14O20S7/c1-27-33(26-55)52-59-50-28(2)48(94(82,83)84)12-11-44(50)68(52)53(72)51(27)67-64-41-20-35(56-29(3)69)38(23-45(41)88-13-6-16-91(73,74)75)62-65-42-22-37(58-31(5)71)40(25-47(42)90-15-8-18-93(79,80)81)63-66-43-21-36(57-30(4)70)39(24-46(43)89-14-7-17-92(76,77)78)61-60-32-9-10-34(54)49(19-32)95(85,86)87/h9-12,19-25,72H,6-8,13-18H2,1-5H3,(H,56,69)(H,57,70)(H,58,71)(H,73,74,75)(H,76,77,78)(H,79,80,81)(H,82,83,84)(H,85,86,87). The molecule has 95 heavy (non-hydrogen) atoms. The Kier molecular flexibility index (Phi) is 23.7. The number of benzene rings is 5. The van der Waals surface area contributed by atoms with Gasteiger partial charge >= 0.3 is 0 Å². The van der Waals surface area contributed by atoms with Crippen molar-refractivity contribution in [1.29, 1.82) is 5.26 Å². The van der Waals surface area contributed by atoms with Gasteiger partial charge < -0.3 is 25.8 Å². The number of thioether (sulfide) groups is 2. The van der Waals surface area contributed by atoms with Gasteiger partial charge in [0, 0.05) is 42.2 Å².